The van der Waals surface area contributed by atoms with Crippen molar-refractivity contribution in [2.75, 3.05) is 0 Å². The Balaban J connectivity index is 3.15. The van der Waals surface area contributed by atoms with Crippen LogP contribution < -0.4 is 0 Å². The Morgan fingerprint density at radius 2 is 2.14 bits per heavy atom. The standard InChI is InChI=1S/C10H9ClF2O/c1-2-9(14)7-5-6(10(12)13)3-4-8(7)11/h3-5,10H,2H2,1H3. The predicted molar refractivity (Wildman–Crippen MR) is 51.0 cm³/mol. The van der Waals surface area contributed by atoms with E-state index < -0.39 is 6.43 Å². The van der Waals surface area contributed by atoms with E-state index in [2.05, 4.69) is 0 Å². The minimum atomic E-state index is -2.57. The third-order valence-electron chi connectivity index (χ3n) is 1.86. The van der Waals surface area contributed by atoms with Crippen LogP contribution >= 0.6 is 11.6 Å². The van der Waals surface area contributed by atoms with Gasteiger partial charge in [-0.05, 0) is 12.1 Å². The van der Waals surface area contributed by atoms with Crippen LogP contribution in [0.5, 0.6) is 0 Å². The largest absolute Gasteiger partial charge is 0.294 e. The molecule has 4 heteroatoms. The number of rotatable bonds is 3. The molecule has 0 spiro atoms. The highest BCUT2D eigenvalue weighted by molar-refractivity contribution is 6.34. The number of ketones is 1. The van der Waals surface area contributed by atoms with E-state index in [0.29, 0.717) is 0 Å². The van der Waals surface area contributed by atoms with Gasteiger partial charge in [0.2, 0.25) is 0 Å². The SMILES string of the molecule is CCC(=O)c1cc(C(F)F)ccc1Cl. The molecule has 0 radical (unpaired) electrons. The molecule has 0 atom stereocenters. The summed E-state index contributed by atoms with van der Waals surface area (Å²) in [6, 6.07) is 3.70. The Kier molecular flexibility index (Phi) is 3.58. The van der Waals surface area contributed by atoms with E-state index in [-0.39, 0.29) is 28.4 Å². The number of Topliss-reactive ketones (excluding diaryl/α,β-unsaturated/α-hetero) is 1. The maximum Gasteiger partial charge on any atom is 0.263 e. The van der Waals surface area contributed by atoms with Crippen LogP contribution in [0.25, 0.3) is 0 Å². The normalized spacial score (nSPS) is 10.6. The fourth-order valence-corrected chi connectivity index (χ4v) is 1.31. The highest BCUT2D eigenvalue weighted by Crippen LogP contribution is 2.25. The van der Waals surface area contributed by atoms with Gasteiger partial charge in [-0.25, -0.2) is 8.78 Å². The molecule has 0 fully saturated rings. The topological polar surface area (TPSA) is 17.1 Å². The summed E-state index contributed by atoms with van der Waals surface area (Å²) in [5.41, 5.74) is -0.00170. The quantitative estimate of drug-likeness (QED) is 0.704. The molecule has 14 heavy (non-hydrogen) atoms. The molecule has 0 aliphatic heterocycles. The molecule has 1 rings (SSSR count). The van der Waals surface area contributed by atoms with E-state index in [1.165, 1.54) is 12.1 Å². The van der Waals surface area contributed by atoms with Crippen molar-refractivity contribution in [1.29, 1.82) is 0 Å². The van der Waals surface area contributed by atoms with Gasteiger partial charge in [0.05, 0.1) is 5.02 Å². The lowest BCUT2D eigenvalue weighted by Crippen LogP contribution is -1.99. The van der Waals surface area contributed by atoms with Crippen molar-refractivity contribution in [2.45, 2.75) is 19.8 Å². The highest BCUT2D eigenvalue weighted by atomic mass is 35.5. The molecule has 0 aromatic heterocycles. The zero-order chi connectivity index (χ0) is 10.7. The maximum atomic E-state index is 12.3. The van der Waals surface area contributed by atoms with Gasteiger partial charge in [-0.2, -0.15) is 0 Å². The van der Waals surface area contributed by atoms with Crippen LogP contribution in [0.1, 0.15) is 35.7 Å². The zero-order valence-corrected chi connectivity index (χ0v) is 8.31. The first kappa shape index (κ1) is 11.1. The first-order valence-electron chi connectivity index (χ1n) is 4.17. The number of hydrogen-bond donors (Lipinski definition) is 0. The summed E-state index contributed by atoms with van der Waals surface area (Å²) in [4.78, 5) is 11.3. The summed E-state index contributed by atoms with van der Waals surface area (Å²) in [5, 5.41) is 0.223. The Labute approximate surface area is 85.7 Å². The molecule has 0 saturated heterocycles. The molecule has 1 aromatic carbocycles. The van der Waals surface area contributed by atoms with Crippen LogP contribution in [-0.4, -0.2) is 5.78 Å². The molecule has 0 amide bonds. The van der Waals surface area contributed by atoms with E-state index in [1.807, 2.05) is 0 Å². The maximum absolute atomic E-state index is 12.3. The van der Waals surface area contributed by atoms with E-state index >= 15 is 0 Å². The van der Waals surface area contributed by atoms with Crippen LogP contribution in [0.2, 0.25) is 5.02 Å². The van der Waals surface area contributed by atoms with E-state index in [9.17, 15) is 13.6 Å². The second-order valence-electron chi connectivity index (χ2n) is 2.82. The van der Waals surface area contributed by atoms with Crippen molar-refractivity contribution >= 4 is 17.4 Å². The molecule has 0 heterocycles. The van der Waals surface area contributed by atoms with Gasteiger partial charge < -0.3 is 0 Å². The third kappa shape index (κ3) is 2.29. The monoisotopic (exact) mass is 218 g/mol. The minimum Gasteiger partial charge on any atom is -0.294 e. The van der Waals surface area contributed by atoms with E-state index in [4.69, 9.17) is 11.6 Å². The summed E-state index contributed by atoms with van der Waals surface area (Å²) in [6.45, 7) is 1.66. The second kappa shape index (κ2) is 4.51. The van der Waals surface area contributed by atoms with Crippen molar-refractivity contribution in [1.82, 2.24) is 0 Å². The number of carbonyl (C=O) groups excluding carboxylic acids is 1. The Morgan fingerprint density at radius 1 is 1.50 bits per heavy atom. The molecule has 1 aromatic rings. The average molecular weight is 219 g/mol. The van der Waals surface area contributed by atoms with Crippen LogP contribution in [0.4, 0.5) is 8.78 Å². The van der Waals surface area contributed by atoms with Gasteiger partial charge >= 0.3 is 0 Å². The fraction of sp³-hybridized carbons (Fsp3) is 0.300. The van der Waals surface area contributed by atoms with Gasteiger partial charge in [0.1, 0.15) is 0 Å². The van der Waals surface area contributed by atoms with Crippen LogP contribution in [0, 0.1) is 0 Å². The second-order valence-corrected chi connectivity index (χ2v) is 3.22. The molecule has 76 valence electrons. The summed E-state index contributed by atoms with van der Waals surface area (Å²) in [7, 11) is 0. The van der Waals surface area contributed by atoms with Crippen LogP contribution in [-0.2, 0) is 0 Å². The molecule has 0 aliphatic rings. The van der Waals surface area contributed by atoms with E-state index in [0.717, 1.165) is 6.07 Å². The van der Waals surface area contributed by atoms with Gasteiger partial charge in [-0.3, -0.25) is 4.79 Å². The number of hydrogen-bond acceptors (Lipinski definition) is 1. The molecule has 0 saturated carbocycles. The summed E-state index contributed by atoms with van der Waals surface area (Å²) in [6.07, 6.45) is -2.32. The average Bonchev–Trinajstić information content (AvgIpc) is 2.17. The van der Waals surface area contributed by atoms with Crippen molar-refractivity contribution in [3.8, 4) is 0 Å². The number of halogens is 3. The molecule has 0 unspecified atom stereocenters. The lowest BCUT2D eigenvalue weighted by atomic mass is 10.1. The van der Waals surface area contributed by atoms with Gasteiger partial charge in [-0.1, -0.05) is 24.6 Å². The Hall–Kier alpha value is -0.960. The summed E-state index contributed by atoms with van der Waals surface area (Å²) in [5.74, 6) is -0.225. The zero-order valence-electron chi connectivity index (χ0n) is 7.56. The fourth-order valence-electron chi connectivity index (χ4n) is 1.08. The van der Waals surface area contributed by atoms with Crippen molar-refractivity contribution < 1.29 is 13.6 Å². The Morgan fingerprint density at radius 3 is 2.64 bits per heavy atom. The van der Waals surface area contributed by atoms with Crippen LogP contribution in [0.3, 0.4) is 0 Å². The van der Waals surface area contributed by atoms with Crippen LogP contribution in [0.15, 0.2) is 18.2 Å². The minimum absolute atomic E-state index is 0.173. The molecule has 0 aliphatic carbocycles. The third-order valence-corrected chi connectivity index (χ3v) is 2.19. The lowest BCUT2D eigenvalue weighted by Gasteiger charge is -2.04. The van der Waals surface area contributed by atoms with Gasteiger partial charge in [0.25, 0.3) is 6.43 Å². The van der Waals surface area contributed by atoms with Gasteiger partial charge in [-0.15, -0.1) is 0 Å². The molecule has 0 bridgehead atoms. The first-order chi connectivity index (χ1) is 6.56. The molecule has 0 N–H and O–H groups in total. The number of alkyl halides is 2. The van der Waals surface area contributed by atoms with Crippen molar-refractivity contribution in [3.63, 3.8) is 0 Å². The highest BCUT2D eigenvalue weighted by Gasteiger charge is 2.13. The van der Waals surface area contributed by atoms with Gasteiger partial charge in [0, 0.05) is 17.5 Å². The van der Waals surface area contributed by atoms with E-state index in [1.54, 1.807) is 6.92 Å². The Bertz CT molecular complexity index is 350. The predicted octanol–water partition coefficient (Wildman–Crippen LogP) is 3.87. The first-order valence-corrected chi connectivity index (χ1v) is 4.54. The molecular weight excluding hydrogens is 210 g/mol. The molecule has 1 nitrogen and oxygen atoms in total. The number of carbonyl (C=O) groups is 1. The lowest BCUT2D eigenvalue weighted by molar-refractivity contribution is 0.0988. The van der Waals surface area contributed by atoms with Crippen molar-refractivity contribution in [2.24, 2.45) is 0 Å². The van der Waals surface area contributed by atoms with Crippen molar-refractivity contribution in [3.05, 3.63) is 34.3 Å². The number of benzene rings is 1. The smallest absolute Gasteiger partial charge is 0.263 e. The van der Waals surface area contributed by atoms with Gasteiger partial charge in [0.15, 0.2) is 5.78 Å². The summed E-state index contributed by atoms with van der Waals surface area (Å²) >= 11 is 5.71. The molecular formula is C10H9ClF2O. The summed E-state index contributed by atoms with van der Waals surface area (Å²) < 4.78 is 24.6.